The molecular formula is C18H11Cl2N3OS2. The SMILES string of the molecule is Nc1c(C(=O)Nc2ccc(Cl)c(Cl)c2)sc2nc(-c3cccs3)ccc12. The predicted molar refractivity (Wildman–Crippen MR) is 112 cm³/mol. The van der Waals surface area contributed by atoms with Crippen LogP contribution < -0.4 is 11.1 Å². The number of amides is 1. The van der Waals surface area contributed by atoms with Gasteiger partial charge in [-0.05, 0) is 41.8 Å². The minimum atomic E-state index is -0.304. The maximum Gasteiger partial charge on any atom is 0.267 e. The molecule has 3 aromatic heterocycles. The second-order valence-corrected chi connectivity index (χ2v) is 8.22. The fourth-order valence-electron chi connectivity index (χ4n) is 2.49. The number of nitrogens with two attached hydrogens (primary N) is 1. The van der Waals surface area contributed by atoms with Crippen LogP contribution in [0.25, 0.3) is 20.8 Å². The van der Waals surface area contributed by atoms with Gasteiger partial charge in [0, 0.05) is 11.1 Å². The van der Waals surface area contributed by atoms with E-state index in [0.717, 1.165) is 20.8 Å². The van der Waals surface area contributed by atoms with Gasteiger partial charge in [0.2, 0.25) is 0 Å². The number of anilines is 2. The number of halogens is 2. The van der Waals surface area contributed by atoms with Crippen molar-refractivity contribution in [1.29, 1.82) is 0 Å². The van der Waals surface area contributed by atoms with Crippen molar-refractivity contribution in [3.63, 3.8) is 0 Å². The van der Waals surface area contributed by atoms with Gasteiger partial charge in [-0.3, -0.25) is 4.79 Å². The molecule has 4 rings (SSSR count). The highest BCUT2D eigenvalue weighted by atomic mass is 35.5. The van der Waals surface area contributed by atoms with Gasteiger partial charge in [-0.15, -0.1) is 22.7 Å². The van der Waals surface area contributed by atoms with E-state index in [4.69, 9.17) is 28.9 Å². The summed E-state index contributed by atoms with van der Waals surface area (Å²) in [5.74, 6) is -0.304. The van der Waals surface area contributed by atoms with Crippen LogP contribution in [0.4, 0.5) is 11.4 Å². The minimum Gasteiger partial charge on any atom is -0.397 e. The molecule has 0 saturated heterocycles. The number of benzene rings is 1. The molecule has 0 saturated carbocycles. The molecule has 0 unspecified atom stereocenters. The Balaban J connectivity index is 1.68. The zero-order valence-corrected chi connectivity index (χ0v) is 16.3. The normalized spacial score (nSPS) is 11.0. The van der Waals surface area contributed by atoms with Crippen molar-refractivity contribution >= 4 is 73.4 Å². The summed E-state index contributed by atoms with van der Waals surface area (Å²) in [5, 5.41) is 6.36. The van der Waals surface area contributed by atoms with Gasteiger partial charge >= 0.3 is 0 Å². The first-order valence-corrected chi connectivity index (χ1v) is 9.97. The van der Waals surface area contributed by atoms with E-state index in [0.29, 0.717) is 26.3 Å². The highest BCUT2D eigenvalue weighted by Crippen LogP contribution is 2.35. The van der Waals surface area contributed by atoms with E-state index in [2.05, 4.69) is 10.3 Å². The van der Waals surface area contributed by atoms with E-state index < -0.39 is 0 Å². The molecule has 0 spiro atoms. The molecule has 130 valence electrons. The van der Waals surface area contributed by atoms with Crippen molar-refractivity contribution in [3.05, 3.63) is 62.8 Å². The van der Waals surface area contributed by atoms with Crippen LogP contribution in [0.15, 0.2) is 47.8 Å². The van der Waals surface area contributed by atoms with Crippen LogP contribution in [0.3, 0.4) is 0 Å². The molecule has 3 heterocycles. The molecule has 0 atom stereocenters. The second-order valence-electron chi connectivity index (χ2n) is 5.45. The summed E-state index contributed by atoms with van der Waals surface area (Å²) in [7, 11) is 0. The van der Waals surface area contributed by atoms with Crippen LogP contribution in [0.5, 0.6) is 0 Å². The van der Waals surface area contributed by atoms with Crippen molar-refractivity contribution in [2.24, 2.45) is 0 Å². The largest absolute Gasteiger partial charge is 0.397 e. The first-order chi connectivity index (χ1) is 12.5. The molecule has 1 amide bonds. The van der Waals surface area contributed by atoms with Gasteiger partial charge in [-0.1, -0.05) is 29.3 Å². The summed E-state index contributed by atoms with van der Waals surface area (Å²) < 4.78 is 0. The average molecular weight is 420 g/mol. The topological polar surface area (TPSA) is 68.0 Å². The lowest BCUT2D eigenvalue weighted by Crippen LogP contribution is -2.11. The molecule has 0 aliphatic heterocycles. The molecule has 8 heteroatoms. The van der Waals surface area contributed by atoms with Crippen LogP contribution in [-0.4, -0.2) is 10.9 Å². The maximum absolute atomic E-state index is 12.6. The number of aromatic nitrogens is 1. The Morgan fingerprint density at radius 1 is 1.12 bits per heavy atom. The smallest absolute Gasteiger partial charge is 0.267 e. The molecular weight excluding hydrogens is 409 g/mol. The van der Waals surface area contributed by atoms with Gasteiger partial charge in [-0.2, -0.15) is 0 Å². The highest BCUT2D eigenvalue weighted by molar-refractivity contribution is 7.21. The van der Waals surface area contributed by atoms with Crippen LogP contribution >= 0.6 is 45.9 Å². The number of fused-ring (bicyclic) bond motifs is 1. The predicted octanol–water partition coefficient (Wildman–Crippen LogP) is 6.17. The van der Waals surface area contributed by atoms with Crippen molar-refractivity contribution in [2.45, 2.75) is 0 Å². The van der Waals surface area contributed by atoms with E-state index in [1.807, 2.05) is 29.6 Å². The van der Waals surface area contributed by atoms with Crippen molar-refractivity contribution in [2.75, 3.05) is 11.1 Å². The Hall–Kier alpha value is -2.12. The number of hydrogen-bond acceptors (Lipinski definition) is 5. The van der Waals surface area contributed by atoms with Crippen LogP contribution in [-0.2, 0) is 0 Å². The first kappa shape index (κ1) is 17.3. The van der Waals surface area contributed by atoms with Crippen LogP contribution in [0.2, 0.25) is 10.0 Å². The lowest BCUT2D eigenvalue weighted by molar-refractivity contribution is 0.103. The summed E-state index contributed by atoms with van der Waals surface area (Å²) in [6, 6.07) is 12.7. The fourth-order valence-corrected chi connectivity index (χ4v) is 4.47. The van der Waals surface area contributed by atoms with Gasteiger partial charge in [0.1, 0.15) is 9.71 Å². The Morgan fingerprint density at radius 3 is 2.69 bits per heavy atom. The molecule has 0 fully saturated rings. The summed E-state index contributed by atoms with van der Waals surface area (Å²) >= 11 is 14.8. The number of nitrogen functional groups attached to an aromatic ring is 1. The molecule has 4 nitrogen and oxygen atoms in total. The number of carbonyl (C=O) groups is 1. The monoisotopic (exact) mass is 419 g/mol. The Morgan fingerprint density at radius 2 is 1.96 bits per heavy atom. The molecule has 0 aliphatic carbocycles. The lowest BCUT2D eigenvalue weighted by Gasteiger charge is -2.05. The van der Waals surface area contributed by atoms with Gasteiger partial charge in [-0.25, -0.2) is 4.98 Å². The Bertz CT molecular complexity index is 1120. The van der Waals surface area contributed by atoms with Crippen molar-refractivity contribution in [3.8, 4) is 10.6 Å². The maximum atomic E-state index is 12.6. The third kappa shape index (κ3) is 3.17. The number of nitrogens with one attached hydrogen (secondary N) is 1. The van der Waals surface area contributed by atoms with E-state index in [-0.39, 0.29) is 5.91 Å². The van der Waals surface area contributed by atoms with Crippen LogP contribution in [0.1, 0.15) is 9.67 Å². The van der Waals surface area contributed by atoms with Crippen molar-refractivity contribution < 1.29 is 4.79 Å². The number of hydrogen-bond donors (Lipinski definition) is 2. The zero-order chi connectivity index (χ0) is 18.3. The Kier molecular flexibility index (Phi) is 4.58. The quantitative estimate of drug-likeness (QED) is 0.417. The standard InChI is InChI=1S/C18H11Cl2N3OS2/c19-11-5-3-9(8-12(11)20)22-17(24)16-15(21)10-4-6-13(23-18(10)26-16)14-2-1-7-25-14/h1-8H,21H2,(H,22,24). The van der Waals surface area contributed by atoms with Gasteiger partial charge < -0.3 is 11.1 Å². The molecule has 0 bridgehead atoms. The highest BCUT2D eigenvalue weighted by Gasteiger charge is 2.18. The van der Waals surface area contributed by atoms with Gasteiger partial charge in [0.25, 0.3) is 5.91 Å². The summed E-state index contributed by atoms with van der Waals surface area (Å²) in [6.45, 7) is 0. The summed E-state index contributed by atoms with van der Waals surface area (Å²) in [5.41, 5.74) is 8.02. The second kappa shape index (κ2) is 6.89. The summed E-state index contributed by atoms with van der Waals surface area (Å²) in [6.07, 6.45) is 0. The van der Waals surface area contributed by atoms with Crippen molar-refractivity contribution in [1.82, 2.24) is 4.98 Å². The molecule has 0 aliphatic rings. The number of rotatable bonds is 3. The Labute approximate surface area is 167 Å². The van der Waals surface area contributed by atoms with E-state index in [9.17, 15) is 4.79 Å². The number of nitrogens with zero attached hydrogens (tertiary/aromatic N) is 1. The third-order valence-electron chi connectivity index (χ3n) is 3.75. The molecule has 1 aromatic carbocycles. The molecule has 4 aromatic rings. The zero-order valence-electron chi connectivity index (χ0n) is 13.1. The number of pyridine rings is 1. The van der Waals surface area contributed by atoms with Gasteiger partial charge in [0.15, 0.2) is 0 Å². The number of thiophene rings is 2. The minimum absolute atomic E-state index is 0.304. The first-order valence-electron chi connectivity index (χ1n) is 7.52. The summed E-state index contributed by atoms with van der Waals surface area (Å²) in [4.78, 5) is 19.5. The van der Waals surface area contributed by atoms with E-state index in [1.165, 1.54) is 11.3 Å². The molecule has 3 N–H and O–H groups in total. The lowest BCUT2D eigenvalue weighted by atomic mass is 10.2. The van der Waals surface area contributed by atoms with Gasteiger partial charge in [0.05, 0.1) is 26.3 Å². The molecule has 0 radical (unpaired) electrons. The van der Waals surface area contributed by atoms with E-state index in [1.54, 1.807) is 29.5 Å². The van der Waals surface area contributed by atoms with E-state index >= 15 is 0 Å². The molecule has 26 heavy (non-hydrogen) atoms. The van der Waals surface area contributed by atoms with Crippen LogP contribution in [0, 0.1) is 0 Å². The average Bonchev–Trinajstić information content (AvgIpc) is 3.26. The third-order valence-corrected chi connectivity index (χ3v) is 6.50. The number of carbonyl (C=O) groups excluding carboxylic acids is 1. The fraction of sp³-hybridized carbons (Fsp3) is 0.